The largest absolute Gasteiger partial charge is 0.322 e. The van der Waals surface area contributed by atoms with Gasteiger partial charge in [0.2, 0.25) is 10.0 Å². The average Bonchev–Trinajstić information content (AvgIpc) is 2.91. The van der Waals surface area contributed by atoms with E-state index >= 15 is 0 Å². The lowest BCUT2D eigenvalue weighted by Crippen LogP contribution is -2.32. The third kappa shape index (κ3) is 4.68. The number of nitrogens with zero attached hydrogens (tertiary/aromatic N) is 1. The molecule has 2 aromatic rings. The van der Waals surface area contributed by atoms with Gasteiger partial charge in [0.1, 0.15) is 16.5 Å². The Morgan fingerprint density at radius 2 is 1.57 bits per heavy atom. The molecule has 0 unspecified atom stereocenters. The van der Waals surface area contributed by atoms with E-state index in [-0.39, 0.29) is 21.2 Å². The van der Waals surface area contributed by atoms with Gasteiger partial charge in [-0.25, -0.2) is 17.2 Å². The second kappa shape index (κ2) is 8.55. The molecule has 3 rings (SSSR count). The molecule has 1 aliphatic rings. The van der Waals surface area contributed by atoms with Crippen LogP contribution in [0, 0.1) is 11.6 Å². The van der Waals surface area contributed by atoms with Crippen LogP contribution in [0.1, 0.15) is 36.0 Å². The number of nitrogens with one attached hydrogen (secondary N) is 1. The monoisotopic (exact) mass is 428 g/mol. The summed E-state index contributed by atoms with van der Waals surface area (Å²) in [5.41, 5.74) is -0.0585. The summed E-state index contributed by atoms with van der Waals surface area (Å²) < 4.78 is 54.0. The van der Waals surface area contributed by atoms with Gasteiger partial charge in [-0.3, -0.25) is 4.79 Å². The Labute approximate surface area is 167 Å². The number of carbonyl (C=O) groups is 1. The third-order valence-corrected chi connectivity index (χ3v) is 6.88. The van der Waals surface area contributed by atoms with E-state index in [0.29, 0.717) is 19.2 Å². The van der Waals surface area contributed by atoms with Crippen LogP contribution in [0.5, 0.6) is 0 Å². The summed E-state index contributed by atoms with van der Waals surface area (Å²) in [6, 6.07) is 6.48. The Hall–Kier alpha value is -2.03. The number of hydrogen-bond acceptors (Lipinski definition) is 3. The predicted octanol–water partition coefficient (Wildman–Crippen LogP) is 4.44. The van der Waals surface area contributed by atoms with Crippen molar-refractivity contribution in [2.24, 2.45) is 0 Å². The molecule has 150 valence electrons. The van der Waals surface area contributed by atoms with Crippen molar-refractivity contribution in [1.29, 1.82) is 0 Å². The fraction of sp³-hybridized carbons (Fsp3) is 0.316. The molecule has 1 fully saturated rings. The number of sulfonamides is 1. The molecule has 0 aliphatic carbocycles. The summed E-state index contributed by atoms with van der Waals surface area (Å²) in [7, 11) is -3.86. The van der Waals surface area contributed by atoms with Gasteiger partial charge in [-0.15, -0.1) is 0 Å². The zero-order valence-corrected chi connectivity index (χ0v) is 16.5. The topological polar surface area (TPSA) is 66.5 Å². The molecule has 0 bridgehead atoms. The molecule has 9 heteroatoms. The van der Waals surface area contributed by atoms with E-state index in [1.54, 1.807) is 0 Å². The molecule has 0 spiro atoms. The molecule has 28 heavy (non-hydrogen) atoms. The summed E-state index contributed by atoms with van der Waals surface area (Å²) in [5.74, 6) is -2.37. The molecular weight excluding hydrogens is 410 g/mol. The second-order valence-electron chi connectivity index (χ2n) is 6.58. The molecule has 0 atom stereocenters. The van der Waals surface area contributed by atoms with Gasteiger partial charge in [0.25, 0.3) is 5.91 Å². The lowest BCUT2D eigenvalue weighted by molar-refractivity contribution is 0.102. The van der Waals surface area contributed by atoms with E-state index in [1.807, 2.05) is 0 Å². The van der Waals surface area contributed by atoms with E-state index in [9.17, 15) is 22.0 Å². The predicted molar refractivity (Wildman–Crippen MR) is 103 cm³/mol. The standard InChI is InChI=1S/C19H19ClF2N2O3S/c20-17-6-5-13(19(25)23-16-11-14(21)10-15(22)12-16)9-18(17)28(26,27)24-7-3-1-2-4-8-24/h5-6,9-12H,1-4,7-8H2,(H,23,25). The number of benzene rings is 2. The van der Waals surface area contributed by atoms with Gasteiger partial charge in [-0.1, -0.05) is 24.4 Å². The first-order chi connectivity index (χ1) is 13.3. The van der Waals surface area contributed by atoms with Gasteiger partial charge in [-0.2, -0.15) is 4.31 Å². The summed E-state index contributed by atoms with van der Waals surface area (Å²) in [6.45, 7) is 0.801. The maximum Gasteiger partial charge on any atom is 0.255 e. The minimum atomic E-state index is -3.86. The maximum atomic E-state index is 13.3. The molecule has 0 radical (unpaired) electrons. The number of anilines is 1. The van der Waals surface area contributed by atoms with E-state index < -0.39 is 27.6 Å². The van der Waals surface area contributed by atoms with Crippen LogP contribution in [0.3, 0.4) is 0 Å². The van der Waals surface area contributed by atoms with Crippen LogP contribution >= 0.6 is 11.6 Å². The number of hydrogen-bond donors (Lipinski definition) is 1. The molecule has 1 aliphatic heterocycles. The minimum absolute atomic E-state index is 0.0117. The highest BCUT2D eigenvalue weighted by molar-refractivity contribution is 7.89. The Bertz CT molecular complexity index is 970. The van der Waals surface area contributed by atoms with Gasteiger partial charge in [-0.05, 0) is 43.2 Å². The Balaban J connectivity index is 1.89. The van der Waals surface area contributed by atoms with Crippen molar-refractivity contribution in [2.45, 2.75) is 30.6 Å². The van der Waals surface area contributed by atoms with Gasteiger partial charge >= 0.3 is 0 Å². The lowest BCUT2D eigenvalue weighted by atomic mass is 10.2. The summed E-state index contributed by atoms with van der Waals surface area (Å²) in [5, 5.41) is 2.37. The zero-order chi connectivity index (χ0) is 20.3. The summed E-state index contributed by atoms with van der Waals surface area (Å²) in [4.78, 5) is 12.3. The Kier molecular flexibility index (Phi) is 6.32. The van der Waals surface area contributed by atoms with Crippen molar-refractivity contribution in [1.82, 2.24) is 4.31 Å². The quantitative estimate of drug-likeness (QED) is 0.783. The highest BCUT2D eigenvalue weighted by Crippen LogP contribution is 2.28. The summed E-state index contributed by atoms with van der Waals surface area (Å²) in [6.07, 6.45) is 3.46. The molecule has 2 aromatic carbocycles. The fourth-order valence-corrected chi connectivity index (χ4v) is 5.11. The highest BCUT2D eigenvalue weighted by Gasteiger charge is 2.28. The molecule has 0 saturated carbocycles. The number of amides is 1. The van der Waals surface area contributed by atoms with Crippen molar-refractivity contribution < 1.29 is 22.0 Å². The van der Waals surface area contributed by atoms with Crippen LogP contribution in [0.25, 0.3) is 0 Å². The SMILES string of the molecule is O=C(Nc1cc(F)cc(F)c1)c1ccc(Cl)c(S(=O)(=O)N2CCCCCC2)c1. The molecule has 1 N–H and O–H groups in total. The smallest absolute Gasteiger partial charge is 0.255 e. The van der Waals surface area contributed by atoms with E-state index in [1.165, 1.54) is 22.5 Å². The van der Waals surface area contributed by atoms with Crippen molar-refractivity contribution in [2.75, 3.05) is 18.4 Å². The zero-order valence-electron chi connectivity index (χ0n) is 14.9. The average molecular weight is 429 g/mol. The van der Waals surface area contributed by atoms with Crippen molar-refractivity contribution in [3.8, 4) is 0 Å². The number of rotatable bonds is 4. The van der Waals surface area contributed by atoms with Crippen LogP contribution in [-0.2, 0) is 10.0 Å². The first kappa shape index (κ1) is 20.7. The van der Waals surface area contributed by atoms with Crippen LogP contribution in [-0.4, -0.2) is 31.7 Å². The van der Waals surface area contributed by atoms with Crippen LogP contribution in [0.15, 0.2) is 41.3 Å². The molecule has 1 amide bonds. The van der Waals surface area contributed by atoms with E-state index in [4.69, 9.17) is 11.6 Å². The first-order valence-electron chi connectivity index (χ1n) is 8.84. The fourth-order valence-electron chi connectivity index (χ4n) is 3.09. The molecular formula is C19H19ClF2N2O3S. The molecule has 0 aromatic heterocycles. The van der Waals surface area contributed by atoms with Crippen LogP contribution < -0.4 is 5.32 Å². The van der Waals surface area contributed by atoms with Gasteiger partial charge in [0, 0.05) is 30.4 Å². The maximum absolute atomic E-state index is 13.3. The van der Waals surface area contributed by atoms with Gasteiger partial charge in [0.05, 0.1) is 5.02 Å². The van der Waals surface area contributed by atoms with Crippen molar-refractivity contribution in [3.63, 3.8) is 0 Å². The number of halogens is 3. The molecule has 1 heterocycles. The Morgan fingerprint density at radius 1 is 0.964 bits per heavy atom. The van der Waals surface area contributed by atoms with E-state index in [2.05, 4.69) is 5.32 Å². The highest BCUT2D eigenvalue weighted by atomic mass is 35.5. The van der Waals surface area contributed by atoms with Gasteiger partial charge < -0.3 is 5.32 Å². The normalized spacial score (nSPS) is 15.8. The summed E-state index contributed by atoms with van der Waals surface area (Å²) >= 11 is 6.11. The number of carbonyl (C=O) groups excluding carboxylic acids is 1. The van der Waals surface area contributed by atoms with Crippen molar-refractivity contribution in [3.05, 3.63) is 58.6 Å². The second-order valence-corrected chi connectivity index (χ2v) is 8.89. The molecule has 5 nitrogen and oxygen atoms in total. The third-order valence-electron chi connectivity index (χ3n) is 4.50. The first-order valence-corrected chi connectivity index (χ1v) is 10.7. The van der Waals surface area contributed by atoms with E-state index in [0.717, 1.165) is 37.8 Å². The van der Waals surface area contributed by atoms with Gasteiger partial charge in [0.15, 0.2) is 0 Å². The minimum Gasteiger partial charge on any atom is -0.322 e. The van der Waals surface area contributed by atoms with Crippen LogP contribution in [0.4, 0.5) is 14.5 Å². The Morgan fingerprint density at radius 3 is 2.18 bits per heavy atom. The van der Waals surface area contributed by atoms with Crippen LogP contribution in [0.2, 0.25) is 5.02 Å². The molecule has 1 saturated heterocycles. The lowest BCUT2D eigenvalue weighted by Gasteiger charge is -2.21. The van der Waals surface area contributed by atoms with Crippen molar-refractivity contribution >= 4 is 33.2 Å².